The van der Waals surface area contributed by atoms with Crippen molar-refractivity contribution in [2.24, 2.45) is 0 Å². The molecule has 0 bridgehead atoms. The number of para-hydroxylation sites is 1. The minimum absolute atomic E-state index is 0.111. The van der Waals surface area contributed by atoms with Crippen molar-refractivity contribution >= 4 is 28.2 Å². The van der Waals surface area contributed by atoms with E-state index in [0.717, 1.165) is 28.1 Å². The first-order valence-corrected chi connectivity index (χ1v) is 11.8. The van der Waals surface area contributed by atoms with Crippen LogP contribution in [0.25, 0.3) is 5.69 Å². The van der Waals surface area contributed by atoms with E-state index in [1.54, 1.807) is 11.8 Å². The molecule has 8 heteroatoms. The predicted octanol–water partition coefficient (Wildman–Crippen LogP) is 5.47. The number of thiazole rings is 1. The van der Waals surface area contributed by atoms with Crippen LogP contribution in [-0.4, -0.2) is 19.7 Å². The van der Waals surface area contributed by atoms with Gasteiger partial charge in [0, 0.05) is 16.8 Å². The van der Waals surface area contributed by atoms with Gasteiger partial charge in [0.25, 0.3) is 0 Å². The summed E-state index contributed by atoms with van der Waals surface area (Å²) in [6, 6.07) is 18.3. The molecule has 0 aliphatic rings. The van der Waals surface area contributed by atoms with Gasteiger partial charge in [-0.05, 0) is 35.2 Å². The highest BCUT2D eigenvalue weighted by molar-refractivity contribution is 7.98. The first-order chi connectivity index (χ1) is 14.9. The average molecular weight is 452 g/mol. The second-order valence-corrected chi connectivity index (χ2v) is 9.93. The Morgan fingerprint density at radius 2 is 1.77 bits per heavy atom. The molecule has 2 heterocycles. The van der Waals surface area contributed by atoms with Crippen molar-refractivity contribution in [1.29, 1.82) is 0 Å². The van der Waals surface area contributed by atoms with E-state index in [0.29, 0.717) is 17.5 Å². The van der Waals surface area contributed by atoms with Gasteiger partial charge in [-0.2, -0.15) is 0 Å². The van der Waals surface area contributed by atoms with E-state index < -0.39 is 0 Å². The number of nitrogens with zero attached hydrogens (tertiary/aromatic N) is 4. The third kappa shape index (κ3) is 5.26. The zero-order valence-corrected chi connectivity index (χ0v) is 19.4. The first-order valence-electron chi connectivity index (χ1n) is 9.96. The van der Waals surface area contributed by atoms with Gasteiger partial charge in [0.1, 0.15) is 12.4 Å². The SMILES string of the molecule is CC(C)(C)c1ccc(OCc2nnc(SCc3csc(N)n3)n2-c2ccccc2)cc1. The number of hydrogen-bond acceptors (Lipinski definition) is 7. The van der Waals surface area contributed by atoms with Gasteiger partial charge in [0.05, 0.1) is 5.69 Å². The van der Waals surface area contributed by atoms with Crippen LogP contribution in [0.15, 0.2) is 65.1 Å². The van der Waals surface area contributed by atoms with Crippen LogP contribution in [0.3, 0.4) is 0 Å². The van der Waals surface area contributed by atoms with E-state index in [2.05, 4.69) is 48.1 Å². The van der Waals surface area contributed by atoms with Gasteiger partial charge in [-0.1, -0.05) is 62.9 Å². The molecule has 0 saturated heterocycles. The Labute approximate surface area is 190 Å². The predicted molar refractivity (Wildman–Crippen MR) is 127 cm³/mol. The van der Waals surface area contributed by atoms with Crippen LogP contribution in [0.1, 0.15) is 37.9 Å². The van der Waals surface area contributed by atoms with E-state index in [9.17, 15) is 0 Å². The van der Waals surface area contributed by atoms with E-state index in [-0.39, 0.29) is 5.41 Å². The van der Waals surface area contributed by atoms with E-state index >= 15 is 0 Å². The molecule has 0 spiro atoms. The maximum absolute atomic E-state index is 6.04. The van der Waals surface area contributed by atoms with Gasteiger partial charge in [-0.3, -0.25) is 4.57 Å². The van der Waals surface area contributed by atoms with E-state index in [1.807, 2.05) is 52.4 Å². The first kappa shape index (κ1) is 21.4. The van der Waals surface area contributed by atoms with Crippen LogP contribution >= 0.6 is 23.1 Å². The third-order valence-corrected chi connectivity index (χ3v) is 6.41. The number of thioether (sulfide) groups is 1. The van der Waals surface area contributed by atoms with Crippen molar-refractivity contribution in [3.8, 4) is 11.4 Å². The number of hydrogen-bond donors (Lipinski definition) is 1. The van der Waals surface area contributed by atoms with Crippen LogP contribution in [-0.2, 0) is 17.8 Å². The Morgan fingerprint density at radius 1 is 1.03 bits per heavy atom. The molecule has 4 rings (SSSR count). The number of nitrogen functional groups attached to an aromatic ring is 1. The summed E-state index contributed by atoms with van der Waals surface area (Å²) in [6.45, 7) is 6.92. The zero-order chi connectivity index (χ0) is 21.8. The summed E-state index contributed by atoms with van der Waals surface area (Å²) in [7, 11) is 0. The Kier molecular flexibility index (Phi) is 6.29. The molecule has 4 aromatic rings. The molecule has 0 radical (unpaired) electrons. The fourth-order valence-corrected chi connectivity index (χ4v) is 4.58. The smallest absolute Gasteiger partial charge is 0.196 e. The Hall–Kier alpha value is -2.84. The quantitative estimate of drug-likeness (QED) is 0.375. The summed E-state index contributed by atoms with van der Waals surface area (Å²) in [5.74, 6) is 2.22. The van der Waals surface area contributed by atoms with Crippen molar-refractivity contribution in [1.82, 2.24) is 19.7 Å². The van der Waals surface area contributed by atoms with Gasteiger partial charge in [-0.25, -0.2) is 4.98 Å². The lowest BCUT2D eigenvalue weighted by Gasteiger charge is -2.19. The van der Waals surface area contributed by atoms with Crippen LogP contribution in [0.5, 0.6) is 5.75 Å². The molecule has 0 atom stereocenters. The van der Waals surface area contributed by atoms with Gasteiger partial charge in [0.15, 0.2) is 16.1 Å². The lowest BCUT2D eigenvalue weighted by Crippen LogP contribution is -2.10. The molecule has 0 saturated carbocycles. The number of aromatic nitrogens is 4. The molecule has 0 amide bonds. The molecule has 160 valence electrons. The number of anilines is 1. The molecule has 0 unspecified atom stereocenters. The number of benzene rings is 2. The lowest BCUT2D eigenvalue weighted by atomic mass is 9.87. The second-order valence-electron chi connectivity index (χ2n) is 8.10. The molecule has 6 nitrogen and oxygen atoms in total. The van der Waals surface area contributed by atoms with Crippen LogP contribution in [0, 0.1) is 0 Å². The van der Waals surface area contributed by atoms with Crippen LogP contribution in [0.2, 0.25) is 0 Å². The van der Waals surface area contributed by atoms with Crippen molar-refractivity contribution in [3.05, 3.63) is 77.1 Å². The summed E-state index contributed by atoms with van der Waals surface area (Å²) in [4.78, 5) is 4.33. The highest BCUT2D eigenvalue weighted by atomic mass is 32.2. The highest BCUT2D eigenvalue weighted by Crippen LogP contribution is 2.28. The minimum atomic E-state index is 0.111. The maximum atomic E-state index is 6.04. The molecule has 2 aromatic heterocycles. The van der Waals surface area contributed by atoms with Crippen molar-refractivity contribution in [2.45, 2.75) is 43.7 Å². The van der Waals surface area contributed by atoms with Crippen molar-refractivity contribution in [3.63, 3.8) is 0 Å². The summed E-state index contributed by atoms with van der Waals surface area (Å²) in [5.41, 5.74) is 9.06. The molecular formula is C23H25N5OS2. The van der Waals surface area contributed by atoms with Gasteiger partial charge >= 0.3 is 0 Å². The van der Waals surface area contributed by atoms with Crippen LogP contribution in [0.4, 0.5) is 5.13 Å². The van der Waals surface area contributed by atoms with E-state index in [1.165, 1.54) is 16.9 Å². The summed E-state index contributed by atoms with van der Waals surface area (Å²) in [5, 5.41) is 12.2. The largest absolute Gasteiger partial charge is 0.486 e. The molecule has 0 aliphatic carbocycles. The minimum Gasteiger partial charge on any atom is -0.486 e. The maximum Gasteiger partial charge on any atom is 0.196 e. The van der Waals surface area contributed by atoms with E-state index in [4.69, 9.17) is 10.5 Å². The fourth-order valence-electron chi connectivity index (χ4n) is 3.05. The standard InChI is InChI=1S/C23H25N5OS2/c1-23(2,3)16-9-11-19(12-10-16)29-13-20-26-27-22(28(20)18-7-5-4-6-8-18)31-15-17-14-30-21(24)25-17/h4-12,14H,13,15H2,1-3H3,(H2,24,25). The molecular weight excluding hydrogens is 426 g/mol. The average Bonchev–Trinajstić information content (AvgIpc) is 3.36. The zero-order valence-electron chi connectivity index (χ0n) is 17.8. The Balaban J connectivity index is 1.53. The topological polar surface area (TPSA) is 78.8 Å². The summed E-state index contributed by atoms with van der Waals surface area (Å²) in [6.07, 6.45) is 0. The van der Waals surface area contributed by atoms with Gasteiger partial charge < -0.3 is 10.5 Å². The molecule has 2 N–H and O–H groups in total. The normalized spacial score (nSPS) is 11.6. The number of rotatable bonds is 7. The monoisotopic (exact) mass is 451 g/mol. The fraction of sp³-hybridized carbons (Fsp3) is 0.261. The molecule has 31 heavy (non-hydrogen) atoms. The molecule has 2 aromatic carbocycles. The van der Waals surface area contributed by atoms with Gasteiger partial charge in [-0.15, -0.1) is 21.5 Å². The van der Waals surface area contributed by atoms with Crippen molar-refractivity contribution < 1.29 is 4.74 Å². The molecule has 0 fully saturated rings. The van der Waals surface area contributed by atoms with Crippen molar-refractivity contribution in [2.75, 3.05) is 5.73 Å². The molecule has 0 aliphatic heterocycles. The summed E-state index contributed by atoms with van der Waals surface area (Å²) >= 11 is 3.02. The lowest BCUT2D eigenvalue weighted by molar-refractivity contribution is 0.292. The number of nitrogens with two attached hydrogens (primary N) is 1. The highest BCUT2D eigenvalue weighted by Gasteiger charge is 2.17. The second kappa shape index (κ2) is 9.11. The number of ether oxygens (including phenoxy) is 1. The Morgan fingerprint density at radius 3 is 2.42 bits per heavy atom. The van der Waals surface area contributed by atoms with Crippen LogP contribution < -0.4 is 10.5 Å². The Bertz CT molecular complexity index is 1130. The summed E-state index contributed by atoms with van der Waals surface area (Å²) < 4.78 is 8.07. The third-order valence-electron chi connectivity index (χ3n) is 4.72. The van der Waals surface area contributed by atoms with Gasteiger partial charge in [0.2, 0.25) is 0 Å².